The molecule has 0 radical (unpaired) electrons. The lowest BCUT2D eigenvalue weighted by Gasteiger charge is -2.20. The second-order valence-electron chi connectivity index (χ2n) is 4.93. The van der Waals surface area contributed by atoms with Crippen molar-refractivity contribution in [2.24, 2.45) is 5.92 Å². The van der Waals surface area contributed by atoms with Crippen LogP contribution >= 0.6 is 0 Å². The Labute approximate surface area is 109 Å². The average Bonchev–Trinajstić information content (AvgIpc) is 2.38. The molecule has 0 fully saturated rings. The van der Waals surface area contributed by atoms with E-state index >= 15 is 0 Å². The monoisotopic (exact) mass is 244 g/mol. The van der Waals surface area contributed by atoms with Gasteiger partial charge in [-0.05, 0) is 53.7 Å². The quantitative estimate of drug-likeness (QED) is 0.584. The number of allylic oxidation sites excluding steroid dienone is 1. The highest BCUT2D eigenvalue weighted by molar-refractivity contribution is 5.84. The van der Waals surface area contributed by atoms with Gasteiger partial charge in [0.15, 0.2) is 0 Å². The largest absolute Gasteiger partial charge is 0.494 e. The van der Waals surface area contributed by atoms with Gasteiger partial charge in [0.2, 0.25) is 0 Å². The molecule has 1 aromatic rings. The van der Waals surface area contributed by atoms with Crippen LogP contribution in [0, 0.1) is 5.92 Å². The summed E-state index contributed by atoms with van der Waals surface area (Å²) in [4.78, 5) is 10.9. The van der Waals surface area contributed by atoms with Crippen molar-refractivity contribution in [3.05, 3.63) is 34.9 Å². The number of ether oxygens (including phenoxy) is 1. The van der Waals surface area contributed by atoms with Crippen molar-refractivity contribution in [2.45, 2.75) is 33.1 Å². The molecule has 0 saturated heterocycles. The molecule has 0 saturated carbocycles. The highest BCUT2D eigenvalue weighted by atomic mass is 16.5. The smallest absolute Gasteiger partial charge is 0.146 e. The SMILES string of the molecule is CCCCOc1ccc2c(c1)C[C@H](C)C(C=O)=C2. The molecule has 2 rings (SSSR count). The van der Waals surface area contributed by atoms with E-state index in [0.717, 1.165) is 49.0 Å². The summed E-state index contributed by atoms with van der Waals surface area (Å²) < 4.78 is 5.71. The molecule has 0 heterocycles. The Morgan fingerprint density at radius 1 is 1.44 bits per heavy atom. The predicted octanol–water partition coefficient (Wildman–Crippen LogP) is 3.64. The maximum absolute atomic E-state index is 10.9. The van der Waals surface area contributed by atoms with Crippen molar-refractivity contribution in [2.75, 3.05) is 6.61 Å². The van der Waals surface area contributed by atoms with Crippen molar-refractivity contribution in [1.29, 1.82) is 0 Å². The van der Waals surface area contributed by atoms with E-state index in [1.54, 1.807) is 0 Å². The molecule has 96 valence electrons. The predicted molar refractivity (Wildman–Crippen MR) is 73.8 cm³/mol. The molecule has 1 aliphatic rings. The van der Waals surface area contributed by atoms with E-state index in [1.807, 2.05) is 18.2 Å². The van der Waals surface area contributed by atoms with Gasteiger partial charge in [0, 0.05) is 0 Å². The fourth-order valence-electron chi connectivity index (χ4n) is 2.24. The van der Waals surface area contributed by atoms with Gasteiger partial charge >= 0.3 is 0 Å². The van der Waals surface area contributed by atoms with Gasteiger partial charge in [-0.25, -0.2) is 0 Å². The van der Waals surface area contributed by atoms with Crippen LogP contribution in [-0.2, 0) is 11.2 Å². The number of unbranched alkanes of at least 4 members (excludes halogenated alkanes) is 1. The molecule has 2 heteroatoms. The Balaban J connectivity index is 2.16. The normalized spacial score (nSPS) is 17.9. The van der Waals surface area contributed by atoms with E-state index in [0.29, 0.717) is 5.92 Å². The molecular weight excluding hydrogens is 224 g/mol. The highest BCUT2D eigenvalue weighted by Crippen LogP contribution is 2.30. The fourth-order valence-corrected chi connectivity index (χ4v) is 2.24. The summed E-state index contributed by atoms with van der Waals surface area (Å²) in [5.41, 5.74) is 3.32. The second kappa shape index (κ2) is 5.85. The van der Waals surface area contributed by atoms with Gasteiger partial charge in [-0.1, -0.05) is 26.3 Å². The number of aldehydes is 1. The van der Waals surface area contributed by atoms with E-state index in [4.69, 9.17) is 4.74 Å². The molecule has 0 N–H and O–H groups in total. The van der Waals surface area contributed by atoms with Gasteiger partial charge in [0.05, 0.1) is 6.61 Å². The molecule has 1 aromatic carbocycles. The standard InChI is InChI=1S/C16H20O2/c1-3-4-7-18-16-6-5-13-9-15(11-17)12(2)8-14(13)10-16/h5-6,9-12H,3-4,7-8H2,1-2H3/t12-/m0/s1. The molecule has 0 spiro atoms. The van der Waals surface area contributed by atoms with Gasteiger partial charge < -0.3 is 4.74 Å². The van der Waals surface area contributed by atoms with Crippen LogP contribution in [0.15, 0.2) is 23.8 Å². The zero-order valence-electron chi connectivity index (χ0n) is 11.1. The third-order valence-corrected chi connectivity index (χ3v) is 3.43. The summed E-state index contributed by atoms with van der Waals surface area (Å²) in [6, 6.07) is 6.15. The van der Waals surface area contributed by atoms with E-state index in [-0.39, 0.29) is 0 Å². The molecule has 2 nitrogen and oxygen atoms in total. The molecule has 0 bridgehead atoms. The molecule has 0 aliphatic heterocycles. The minimum Gasteiger partial charge on any atom is -0.494 e. The summed E-state index contributed by atoms with van der Waals surface area (Å²) in [5.74, 6) is 1.25. The van der Waals surface area contributed by atoms with E-state index in [2.05, 4.69) is 19.9 Å². The third-order valence-electron chi connectivity index (χ3n) is 3.43. The maximum Gasteiger partial charge on any atom is 0.146 e. The van der Waals surface area contributed by atoms with Gasteiger partial charge in [0.25, 0.3) is 0 Å². The lowest BCUT2D eigenvalue weighted by Crippen LogP contribution is -2.11. The lowest BCUT2D eigenvalue weighted by atomic mass is 9.85. The first-order valence-corrected chi connectivity index (χ1v) is 6.67. The highest BCUT2D eigenvalue weighted by Gasteiger charge is 2.17. The zero-order valence-corrected chi connectivity index (χ0v) is 11.1. The van der Waals surface area contributed by atoms with Crippen molar-refractivity contribution in [3.63, 3.8) is 0 Å². The van der Waals surface area contributed by atoms with Gasteiger partial charge in [-0.15, -0.1) is 0 Å². The number of hydrogen-bond donors (Lipinski definition) is 0. The Kier molecular flexibility index (Phi) is 4.19. The van der Waals surface area contributed by atoms with Gasteiger partial charge in [0.1, 0.15) is 12.0 Å². The Bertz CT molecular complexity index is 460. The van der Waals surface area contributed by atoms with Crippen molar-refractivity contribution in [1.82, 2.24) is 0 Å². The van der Waals surface area contributed by atoms with Crippen LogP contribution in [0.4, 0.5) is 0 Å². The van der Waals surface area contributed by atoms with Crippen LogP contribution in [-0.4, -0.2) is 12.9 Å². The molecule has 0 unspecified atom stereocenters. The van der Waals surface area contributed by atoms with Gasteiger partial charge in [-0.3, -0.25) is 4.79 Å². The molecule has 0 amide bonds. The lowest BCUT2D eigenvalue weighted by molar-refractivity contribution is -0.105. The second-order valence-corrected chi connectivity index (χ2v) is 4.93. The first-order valence-electron chi connectivity index (χ1n) is 6.67. The maximum atomic E-state index is 10.9. The number of benzene rings is 1. The zero-order chi connectivity index (χ0) is 13.0. The molecule has 1 aliphatic carbocycles. The number of rotatable bonds is 5. The fraction of sp³-hybridized carbons (Fsp3) is 0.438. The number of fused-ring (bicyclic) bond motifs is 1. The van der Waals surface area contributed by atoms with E-state index in [9.17, 15) is 4.79 Å². The minimum atomic E-state index is 0.306. The molecular formula is C16H20O2. The first-order chi connectivity index (χ1) is 8.74. The van der Waals surface area contributed by atoms with E-state index in [1.165, 1.54) is 5.56 Å². The molecule has 0 aromatic heterocycles. The summed E-state index contributed by atoms with van der Waals surface area (Å²) in [5, 5.41) is 0. The summed E-state index contributed by atoms with van der Waals surface area (Å²) in [6.45, 7) is 5.03. The Hall–Kier alpha value is -1.57. The van der Waals surface area contributed by atoms with Crippen LogP contribution < -0.4 is 4.74 Å². The van der Waals surface area contributed by atoms with Crippen LogP contribution in [0.5, 0.6) is 5.75 Å². The average molecular weight is 244 g/mol. The van der Waals surface area contributed by atoms with Crippen LogP contribution in [0.25, 0.3) is 6.08 Å². The van der Waals surface area contributed by atoms with Crippen LogP contribution in [0.3, 0.4) is 0 Å². The molecule has 18 heavy (non-hydrogen) atoms. The topological polar surface area (TPSA) is 26.3 Å². The number of carbonyl (C=O) groups is 1. The Morgan fingerprint density at radius 2 is 2.28 bits per heavy atom. The molecule has 1 atom stereocenters. The number of carbonyl (C=O) groups excluding carboxylic acids is 1. The summed E-state index contributed by atoms with van der Waals surface area (Å²) in [7, 11) is 0. The van der Waals surface area contributed by atoms with Crippen LogP contribution in [0.2, 0.25) is 0 Å². The summed E-state index contributed by atoms with van der Waals surface area (Å²) in [6.07, 6.45) is 6.12. The van der Waals surface area contributed by atoms with Crippen molar-refractivity contribution >= 4 is 12.4 Å². The van der Waals surface area contributed by atoms with Crippen molar-refractivity contribution in [3.8, 4) is 5.75 Å². The Morgan fingerprint density at radius 3 is 3.00 bits per heavy atom. The van der Waals surface area contributed by atoms with Gasteiger partial charge in [-0.2, -0.15) is 0 Å². The number of hydrogen-bond acceptors (Lipinski definition) is 2. The van der Waals surface area contributed by atoms with Crippen LogP contribution in [0.1, 0.15) is 37.8 Å². The first kappa shape index (κ1) is 12.9. The van der Waals surface area contributed by atoms with E-state index < -0.39 is 0 Å². The van der Waals surface area contributed by atoms with Crippen molar-refractivity contribution < 1.29 is 9.53 Å². The summed E-state index contributed by atoms with van der Waals surface area (Å²) >= 11 is 0. The third kappa shape index (κ3) is 2.81. The minimum absolute atomic E-state index is 0.306.